The van der Waals surface area contributed by atoms with Gasteiger partial charge >= 0.3 is 0 Å². The third-order valence-electron chi connectivity index (χ3n) is 5.62. The summed E-state index contributed by atoms with van der Waals surface area (Å²) in [6.07, 6.45) is 2.04. The summed E-state index contributed by atoms with van der Waals surface area (Å²) in [6.45, 7) is 6.12. The smallest absolute Gasteiger partial charge is 0.262 e. The molecule has 0 aromatic heterocycles. The average molecular weight is 455 g/mol. The lowest BCUT2D eigenvalue weighted by atomic mass is 10.2. The second kappa shape index (κ2) is 12.8. The number of methoxy groups -OCH3 is 1. The highest BCUT2D eigenvalue weighted by atomic mass is 16.5. The molecule has 3 rings (SSSR count). The topological polar surface area (TPSA) is 83.1 Å². The summed E-state index contributed by atoms with van der Waals surface area (Å²) in [6, 6.07) is 13.9. The molecular formula is C25H34N4O4. The molecule has 0 aliphatic carbocycles. The van der Waals surface area contributed by atoms with Crippen LogP contribution in [-0.4, -0.2) is 81.6 Å². The van der Waals surface area contributed by atoms with E-state index in [1.807, 2.05) is 0 Å². The Morgan fingerprint density at radius 3 is 2.45 bits per heavy atom. The molecule has 8 heteroatoms. The fourth-order valence-electron chi connectivity index (χ4n) is 3.59. The first kappa shape index (κ1) is 24.5. The molecule has 8 nitrogen and oxygen atoms in total. The van der Waals surface area contributed by atoms with Gasteiger partial charge in [0.05, 0.1) is 7.11 Å². The number of nitrogens with zero attached hydrogens (tertiary/aromatic N) is 2. The molecule has 1 aliphatic rings. The Bertz CT molecular complexity index is 896. The first-order valence-electron chi connectivity index (χ1n) is 11.4. The number of likely N-dealkylation sites (N-methyl/N-ethyl adjacent to an activating group) is 1. The van der Waals surface area contributed by atoms with Crippen LogP contribution in [0.4, 0.5) is 5.69 Å². The highest BCUT2D eigenvalue weighted by molar-refractivity contribution is 5.94. The van der Waals surface area contributed by atoms with Gasteiger partial charge in [-0.15, -0.1) is 0 Å². The molecule has 33 heavy (non-hydrogen) atoms. The van der Waals surface area contributed by atoms with Crippen molar-refractivity contribution >= 4 is 17.5 Å². The summed E-state index contributed by atoms with van der Waals surface area (Å²) in [4.78, 5) is 29.3. The largest absolute Gasteiger partial charge is 0.497 e. The fraction of sp³-hybridized carbons (Fsp3) is 0.440. The highest BCUT2D eigenvalue weighted by Crippen LogP contribution is 2.17. The highest BCUT2D eigenvalue weighted by Gasteiger charge is 2.13. The standard InChI is InChI=1S/C25H34N4O4/c1-28-14-16-29(17-15-28)13-4-3-12-26-25(31)20-8-10-22(11-9-20)33-19-24(30)27-21-6-5-7-23(18-21)32-2/h5-11,18H,3-4,12-17,19H2,1-2H3,(H,26,31)(H,27,30). The molecule has 178 valence electrons. The Hall–Kier alpha value is -3.10. The van der Waals surface area contributed by atoms with E-state index in [0.717, 1.165) is 45.6 Å². The van der Waals surface area contributed by atoms with Crippen LogP contribution >= 0.6 is 0 Å². The fourth-order valence-corrected chi connectivity index (χ4v) is 3.59. The van der Waals surface area contributed by atoms with Gasteiger partial charge in [0.2, 0.25) is 0 Å². The molecule has 2 N–H and O–H groups in total. The first-order valence-corrected chi connectivity index (χ1v) is 11.4. The monoisotopic (exact) mass is 454 g/mol. The zero-order chi connectivity index (χ0) is 23.5. The lowest BCUT2D eigenvalue weighted by Gasteiger charge is -2.32. The number of carbonyl (C=O) groups is 2. The van der Waals surface area contributed by atoms with Gasteiger partial charge in [0.15, 0.2) is 6.61 Å². The van der Waals surface area contributed by atoms with Crippen LogP contribution in [0.5, 0.6) is 11.5 Å². The van der Waals surface area contributed by atoms with Crippen molar-refractivity contribution in [3.63, 3.8) is 0 Å². The van der Waals surface area contributed by atoms with Crippen molar-refractivity contribution in [3.05, 3.63) is 54.1 Å². The SMILES string of the molecule is COc1cccc(NC(=O)COc2ccc(C(=O)NCCCCN3CCN(C)CC3)cc2)c1. The van der Waals surface area contributed by atoms with Crippen LogP contribution in [0.2, 0.25) is 0 Å². The molecule has 0 bridgehead atoms. The summed E-state index contributed by atoms with van der Waals surface area (Å²) >= 11 is 0. The Balaban J connectivity index is 1.32. The number of unbranched alkanes of at least 4 members (excludes halogenated alkanes) is 1. The van der Waals surface area contributed by atoms with Gasteiger partial charge in [-0.1, -0.05) is 6.07 Å². The average Bonchev–Trinajstić information content (AvgIpc) is 2.84. The molecule has 1 aliphatic heterocycles. The van der Waals surface area contributed by atoms with Crippen molar-refractivity contribution in [1.82, 2.24) is 15.1 Å². The summed E-state index contributed by atoms with van der Waals surface area (Å²) in [7, 11) is 3.73. The molecule has 2 aromatic carbocycles. The second-order valence-corrected chi connectivity index (χ2v) is 8.20. The zero-order valence-corrected chi connectivity index (χ0v) is 19.5. The number of benzene rings is 2. The van der Waals surface area contributed by atoms with Crippen LogP contribution in [0.25, 0.3) is 0 Å². The molecular weight excluding hydrogens is 420 g/mol. The number of nitrogens with one attached hydrogen (secondary N) is 2. The zero-order valence-electron chi connectivity index (χ0n) is 19.5. The van der Waals surface area contributed by atoms with Crippen molar-refractivity contribution in [2.24, 2.45) is 0 Å². The van der Waals surface area contributed by atoms with E-state index in [4.69, 9.17) is 9.47 Å². The number of piperazine rings is 1. The number of hydrogen-bond acceptors (Lipinski definition) is 6. The van der Waals surface area contributed by atoms with Crippen LogP contribution in [0, 0.1) is 0 Å². The van der Waals surface area contributed by atoms with Crippen molar-refractivity contribution in [1.29, 1.82) is 0 Å². The van der Waals surface area contributed by atoms with E-state index in [9.17, 15) is 9.59 Å². The van der Waals surface area contributed by atoms with Crippen molar-refractivity contribution in [3.8, 4) is 11.5 Å². The summed E-state index contributed by atoms with van der Waals surface area (Å²) in [5.74, 6) is 0.815. The molecule has 1 heterocycles. The third kappa shape index (κ3) is 8.40. The minimum absolute atomic E-state index is 0.100. The predicted octanol–water partition coefficient (Wildman–Crippen LogP) is 2.47. The van der Waals surface area contributed by atoms with E-state index in [0.29, 0.717) is 29.3 Å². The molecule has 1 fully saturated rings. The van der Waals surface area contributed by atoms with Gasteiger partial charge in [0, 0.05) is 50.0 Å². The lowest BCUT2D eigenvalue weighted by Crippen LogP contribution is -2.44. The van der Waals surface area contributed by atoms with Crippen molar-refractivity contribution in [2.45, 2.75) is 12.8 Å². The van der Waals surface area contributed by atoms with E-state index >= 15 is 0 Å². The number of carbonyl (C=O) groups excluding carboxylic acids is 2. The van der Waals surface area contributed by atoms with Crippen LogP contribution in [0.3, 0.4) is 0 Å². The quantitative estimate of drug-likeness (QED) is 0.508. The first-order chi connectivity index (χ1) is 16.0. The van der Waals surface area contributed by atoms with Gasteiger partial charge < -0.3 is 29.9 Å². The van der Waals surface area contributed by atoms with Gasteiger partial charge in [0.1, 0.15) is 11.5 Å². The van der Waals surface area contributed by atoms with Crippen molar-refractivity contribution in [2.75, 3.05) is 65.3 Å². The Morgan fingerprint density at radius 2 is 1.73 bits per heavy atom. The van der Waals surface area contributed by atoms with E-state index in [-0.39, 0.29) is 18.4 Å². The minimum Gasteiger partial charge on any atom is -0.497 e. The number of anilines is 1. The van der Waals surface area contributed by atoms with Gasteiger partial charge in [-0.25, -0.2) is 0 Å². The molecule has 2 aromatic rings. The number of hydrogen-bond donors (Lipinski definition) is 2. The molecule has 0 unspecified atom stereocenters. The van der Waals surface area contributed by atoms with E-state index in [1.54, 1.807) is 55.6 Å². The number of ether oxygens (including phenoxy) is 2. The summed E-state index contributed by atoms with van der Waals surface area (Å²) in [5.41, 5.74) is 1.21. The van der Waals surface area contributed by atoms with Crippen molar-refractivity contribution < 1.29 is 19.1 Å². The molecule has 0 spiro atoms. The third-order valence-corrected chi connectivity index (χ3v) is 5.62. The maximum atomic E-state index is 12.3. The van der Waals surface area contributed by atoms with Crippen LogP contribution in [0.15, 0.2) is 48.5 Å². The van der Waals surface area contributed by atoms with E-state index in [1.165, 1.54) is 0 Å². The Labute approximate surface area is 195 Å². The molecule has 2 amide bonds. The van der Waals surface area contributed by atoms with Crippen LogP contribution in [0.1, 0.15) is 23.2 Å². The van der Waals surface area contributed by atoms with Crippen LogP contribution < -0.4 is 20.1 Å². The molecule has 0 saturated carbocycles. The van der Waals surface area contributed by atoms with Crippen LogP contribution in [-0.2, 0) is 4.79 Å². The molecule has 0 atom stereocenters. The molecule has 0 radical (unpaired) electrons. The number of rotatable bonds is 11. The summed E-state index contributed by atoms with van der Waals surface area (Å²) < 4.78 is 10.7. The van der Waals surface area contributed by atoms with Gasteiger partial charge in [-0.2, -0.15) is 0 Å². The summed E-state index contributed by atoms with van der Waals surface area (Å²) in [5, 5.41) is 5.73. The maximum Gasteiger partial charge on any atom is 0.262 e. The van der Waals surface area contributed by atoms with E-state index in [2.05, 4.69) is 27.5 Å². The number of amides is 2. The van der Waals surface area contributed by atoms with Gasteiger partial charge in [0.25, 0.3) is 11.8 Å². The maximum absolute atomic E-state index is 12.3. The van der Waals surface area contributed by atoms with E-state index < -0.39 is 0 Å². The Kier molecular flexibility index (Phi) is 9.53. The second-order valence-electron chi connectivity index (χ2n) is 8.20. The molecule has 1 saturated heterocycles. The minimum atomic E-state index is -0.276. The van der Waals surface area contributed by atoms with Gasteiger partial charge in [-0.3, -0.25) is 9.59 Å². The lowest BCUT2D eigenvalue weighted by molar-refractivity contribution is -0.118. The normalized spacial score (nSPS) is 14.5. The van der Waals surface area contributed by atoms with Gasteiger partial charge in [-0.05, 0) is 62.8 Å². The Morgan fingerprint density at radius 1 is 0.970 bits per heavy atom. The predicted molar refractivity (Wildman–Crippen MR) is 129 cm³/mol.